The molecule has 5 heteroatoms. The Kier molecular flexibility index (Phi) is 6.97. The van der Waals surface area contributed by atoms with Gasteiger partial charge in [-0.15, -0.1) is 0 Å². The van der Waals surface area contributed by atoms with Crippen molar-refractivity contribution >= 4 is 13.3 Å². The molecule has 0 fully saturated rings. The molecule has 0 bridgehead atoms. The minimum atomic E-state index is -2.84. The van der Waals surface area contributed by atoms with Crippen LogP contribution in [-0.4, -0.2) is 25.0 Å². The zero-order valence-electron chi connectivity index (χ0n) is 12.5. The van der Waals surface area contributed by atoms with Crippen molar-refractivity contribution in [3.8, 4) is 0 Å². The van der Waals surface area contributed by atoms with E-state index in [1.807, 2.05) is 25.1 Å². The van der Waals surface area contributed by atoms with Crippen molar-refractivity contribution in [3.05, 3.63) is 35.9 Å². The maximum atomic E-state index is 12.5. The number of benzene rings is 1. The summed E-state index contributed by atoms with van der Waals surface area (Å²) < 4.78 is 17.9. The molecule has 0 saturated carbocycles. The van der Waals surface area contributed by atoms with Crippen LogP contribution in [0.1, 0.15) is 43.5 Å². The molecular formula is C15H24NO3P. The zero-order valence-corrected chi connectivity index (χ0v) is 13.4. The normalized spacial score (nSPS) is 15.3. The Morgan fingerprint density at radius 3 is 2.50 bits per heavy atom. The highest BCUT2D eigenvalue weighted by molar-refractivity contribution is 7.58. The van der Waals surface area contributed by atoms with Gasteiger partial charge < -0.3 is 9.84 Å². The average Bonchev–Trinajstić information content (AvgIpc) is 2.44. The first-order chi connectivity index (χ1) is 9.51. The summed E-state index contributed by atoms with van der Waals surface area (Å²) in [6.07, 6.45) is 2.57. The third-order valence-electron chi connectivity index (χ3n) is 3.12. The maximum absolute atomic E-state index is 12.5. The lowest BCUT2D eigenvalue weighted by atomic mass is 10.2. The van der Waals surface area contributed by atoms with Crippen LogP contribution in [0.2, 0.25) is 0 Å². The van der Waals surface area contributed by atoms with Gasteiger partial charge in [-0.05, 0) is 25.5 Å². The van der Waals surface area contributed by atoms with Crippen LogP contribution in [0.3, 0.4) is 0 Å². The Morgan fingerprint density at radius 1 is 1.30 bits per heavy atom. The van der Waals surface area contributed by atoms with Crippen LogP contribution >= 0.6 is 7.37 Å². The smallest absolute Gasteiger partial charge is 0.251 e. The van der Waals surface area contributed by atoms with Gasteiger partial charge in [0.15, 0.2) is 0 Å². The predicted molar refractivity (Wildman–Crippen MR) is 82.4 cm³/mol. The van der Waals surface area contributed by atoms with Crippen LogP contribution in [0.4, 0.5) is 0 Å². The summed E-state index contributed by atoms with van der Waals surface area (Å²) in [6, 6.07) is 8.96. The van der Waals surface area contributed by atoms with Gasteiger partial charge in [0.1, 0.15) is 5.78 Å². The van der Waals surface area contributed by atoms with Gasteiger partial charge in [0, 0.05) is 12.2 Å². The number of hydrogen-bond donors (Lipinski definition) is 1. The monoisotopic (exact) mass is 297 g/mol. The lowest BCUT2D eigenvalue weighted by molar-refractivity contribution is 0.0943. The number of carbonyl (C=O) groups excluding carboxylic acids is 1. The Bertz CT molecular complexity index is 461. The molecule has 112 valence electrons. The minimum Gasteiger partial charge on any atom is -0.340 e. The quantitative estimate of drug-likeness (QED) is 0.741. The van der Waals surface area contributed by atoms with E-state index in [2.05, 4.69) is 12.2 Å². The second-order valence-corrected chi connectivity index (χ2v) is 7.52. The summed E-state index contributed by atoms with van der Waals surface area (Å²) in [5, 5.41) is 2.87. The fraction of sp³-hybridized carbons (Fsp3) is 0.533. The van der Waals surface area contributed by atoms with Crippen molar-refractivity contribution in [3.63, 3.8) is 0 Å². The molecule has 1 N–H and O–H groups in total. The lowest BCUT2D eigenvalue weighted by Gasteiger charge is -2.25. The molecule has 1 rings (SSSR count). The molecular weight excluding hydrogens is 273 g/mol. The Labute approximate surface area is 121 Å². The molecule has 0 spiro atoms. The van der Waals surface area contributed by atoms with Crippen LogP contribution in [-0.2, 0) is 9.09 Å². The molecule has 1 amide bonds. The van der Waals surface area contributed by atoms with Gasteiger partial charge in [0.25, 0.3) is 5.91 Å². The molecule has 0 saturated heterocycles. The zero-order chi connectivity index (χ0) is 15.0. The van der Waals surface area contributed by atoms with E-state index in [0.29, 0.717) is 18.6 Å². The molecule has 1 aromatic carbocycles. The third kappa shape index (κ3) is 5.10. The Balaban J connectivity index is 2.79. The molecule has 20 heavy (non-hydrogen) atoms. The first kappa shape index (κ1) is 16.9. The first-order valence-corrected chi connectivity index (χ1v) is 9.23. The molecule has 4 nitrogen and oxygen atoms in total. The van der Waals surface area contributed by atoms with Gasteiger partial charge in [-0.2, -0.15) is 0 Å². The summed E-state index contributed by atoms with van der Waals surface area (Å²) in [5.74, 6) is -0.622. The molecule has 0 heterocycles. The summed E-state index contributed by atoms with van der Waals surface area (Å²) >= 11 is 0. The molecule has 2 atom stereocenters. The summed E-state index contributed by atoms with van der Waals surface area (Å²) in [7, 11) is -2.84. The topological polar surface area (TPSA) is 55.4 Å². The van der Waals surface area contributed by atoms with E-state index in [0.717, 1.165) is 12.8 Å². The number of amides is 1. The molecule has 0 aliphatic heterocycles. The van der Waals surface area contributed by atoms with Crippen LogP contribution in [0.25, 0.3) is 0 Å². The molecule has 2 unspecified atom stereocenters. The second-order valence-electron chi connectivity index (χ2n) is 4.82. The molecule has 0 aromatic heterocycles. The van der Waals surface area contributed by atoms with Crippen LogP contribution in [0.5, 0.6) is 0 Å². The molecule has 1 aromatic rings. The number of nitrogens with one attached hydrogen (secondary N) is 1. The van der Waals surface area contributed by atoms with E-state index in [1.165, 1.54) is 0 Å². The maximum Gasteiger partial charge on any atom is 0.251 e. The largest absolute Gasteiger partial charge is 0.340 e. The van der Waals surface area contributed by atoms with Crippen molar-refractivity contribution in [2.24, 2.45) is 0 Å². The highest BCUT2D eigenvalue weighted by atomic mass is 31.2. The predicted octanol–water partition coefficient (Wildman–Crippen LogP) is 3.88. The van der Waals surface area contributed by atoms with Crippen molar-refractivity contribution in [1.29, 1.82) is 0 Å². The van der Waals surface area contributed by atoms with Gasteiger partial charge in [-0.3, -0.25) is 9.36 Å². The van der Waals surface area contributed by atoms with Gasteiger partial charge in [0.2, 0.25) is 7.37 Å². The van der Waals surface area contributed by atoms with Crippen LogP contribution in [0, 0.1) is 0 Å². The fourth-order valence-electron chi connectivity index (χ4n) is 1.99. The standard InChI is InChI=1S/C15H24NO3P/c1-4-6-12-14(20(3,18)19-5-2)16-15(17)13-10-8-7-9-11-13/h7-11,14H,4-6,12H2,1-3H3,(H,16,17). The average molecular weight is 297 g/mol. The van der Waals surface area contributed by atoms with Gasteiger partial charge in [0.05, 0.1) is 6.61 Å². The van der Waals surface area contributed by atoms with E-state index in [-0.39, 0.29) is 5.91 Å². The Morgan fingerprint density at radius 2 is 1.95 bits per heavy atom. The number of carbonyl (C=O) groups is 1. The van der Waals surface area contributed by atoms with Gasteiger partial charge >= 0.3 is 0 Å². The third-order valence-corrected chi connectivity index (χ3v) is 5.41. The number of hydrogen-bond acceptors (Lipinski definition) is 3. The van der Waals surface area contributed by atoms with Gasteiger partial charge in [-0.25, -0.2) is 0 Å². The SMILES string of the molecule is CCCCC(NC(=O)c1ccccc1)P(C)(=O)OCC. The van der Waals surface area contributed by atoms with Crippen molar-refractivity contribution in [2.75, 3.05) is 13.3 Å². The minimum absolute atomic E-state index is 0.200. The fourth-order valence-corrected chi connectivity index (χ4v) is 3.69. The second kappa shape index (κ2) is 8.23. The Hall–Kier alpha value is -1.12. The summed E-state index contributed by atoms with van der Waals surface area (Å²) in [6.45, 7) is 5.86. The van der Waals surface area contributed by atoms with E-state index in [1.54, 1.807) is 18.8 Å². The molecule has 0 aliphatic rings. The lowest BCUT2D eigenvalue weighted by Crippen LogP contribution is -2.35. The number of unbranched alkanes of at least 4 members (excludes halogenated alkanes) is 1. The molecule has 0 radical (unpaired) electrons. The van der Waals surface area contributed by atoms with E-state index < -0.39 is 13.2 Å². The molecule has 0 aliphatic carbocycles. The van der Waals surface area contributed by atoms with Crippen LogP contribution < -0.4 is 5.32 Å². The van der Waals surface area contributed by atoms with E-state index in [9.17, 15) is 9.36 Å². The first-order valence-electron chi connectivity index (χ1n) is 7.09. The summed E-state index contributed by atoms with van der Waals surface area (Å²) in [4.78, 5) is 12.2. The summed E-state index contributed by atoms with van der Waals surface area (Å²) in [5.41, 5.74) is 0.575. The highest BCUT2D eigenvalue weighted by Gasteiger charge is 2.30. The number of rotatable bonds is 8. The highest BCUT2D eigenvalue weighted by Crippen LogP contribution is 2.48. The van der Waals surface area contributed by atoms with Crippen LogP contribution in [0.15, 0.2) is 30.3 Å². The van der Waals surface area contributed by atoms with E-state index in [4.69, 9.17) is 4.52 Å². The van der Waals surface area contributed by atoms with Crippen molar-refractivity contribution < 1.29 is 13.9 Å². The van der Waals surface area contributed by atoms with E-state index >= 15 is 0 Å². The van der Waals surface area contributed by atoms with Crippen molar-refractivity contribution in [2.45, 2.75) is 38.9 Å². The van der Waals surface area contributed by atoms with Gasteiger partial charge in [-0.1, -0.05) is 38.0 Å². The van der Waals surface area contributed by atoms with Crippen molar-refractivity contribution in [1.82, 2.24) is 5.32 Å².